The summed E-state index contributed by atoms with van der Waals surface area (Å²) >= 11 is 6.01. The molecule has 10 heteroatoms. The Hall–Kier alpha value is -3.56. The van der Waals surface area contributed by atoms with Crippen molar-refractivity contribution in [2.24, 2.45) is 0 Å². The molecule has 2 N–H and O–H groups in total. The summed E-state index contributed by atoms with van der Waals surface area (Å²) in [5.41, 5.74) is 4.26. The molecule has 0 bridgehead atoms. The van der Waals surface area contributed by atoms with Crippen molar-refractivity contribution in [2.45, 2.75) is 13.0 Å². The molecule has 0 saturated heterocycles. The summed E-state index contributed by atoms with van der Waals surface area (Å²) in [6.07, 6.45) is 0.0463. The van der Waals surface area contributed by atoms with E-state index < -0.39 is 18.6 Å². The van der Waals surface area contributed by atoms with E-state index in [1.54, 1.807) is 23.1 Å². The number of nitrogens with zero attached hydrogens (tertiary/aromatic N) is 3. The molecule has 0 spiro atoms. The molecule has 0 fully saturated rings. The van der Waals surface area contributed by atoms with Crippen LogP contribution < -0.4 is 15.4 Å². The van der Waals surface area contributed by atoms with E-state index >= 15 is 0 Å². The number of halogens is 1. The van der Waals surface area contributed by atoms with Crippen molar-refractivity contribution in [3.05, 3.63) is 58.7 Å². The van der Waals surface area contributed by atoms with Crippen molar-refractivity contribution in [3.63, 3.8) is 0 Å². The minimum absolute atomic E-state index is 0.347. The van der Waals surface area contributed by atoms with Crippen LogP contribution in [-0.2, 0) is 22.5 Å². The number of anilines is 2. The first-order chi connectivity index (χ1) is 17.4. The second-order valence-corrected chi connectivity index (χ2v) is 9.21. The number of nitrogens with one attached hydrogen (secondary N) is 2. The van der Waals surface area contributed by atoms with Crippen molar-refractivity contribution in [1.82, 2.24) is 14.8 Å². The maximum absolute atomic E-state index is 12.9. The molecule has 2 amide bonds. The number of pyridine rings is 1. The lowest BCUT2D eigenvalue weighted by atomic mass is 10.00. The highest BCUT2D eigenvalue weighted by molar-refractivity contribution is 6.31. The number of carbonyl (C=O) groups is 2. The lowest BCUT2D eigenvalue weighted by Gasteiger charge is -2.30. The topological polar surface area (TPSA) is 96.0 Å². The van der Waals surface area contributed by atoms with E-state index in [2.05, 4.69) is 15.5 Å². The maximum Gasteiger partial charge on any atom is 0.410 e. The van der Waals surface area contributed by atoms with E-state index in [0.717, 1.165) is 40.9 Å². The van der Waals surface area contributed by atoms with Gasteiger partial charge in [0.25, 0.3) is 5.91 Å². The fourth-order valence-corrected chi connectivity index (χ4v) is 4.31. The summed E-state index contributed by atoms with van der Waals surface area (Å²) in [7, 11) is 5.55. The Kier molecular flexibility index (Phi) is 8.12. The maximum atomic E-state index is 12.9. The summed E-state index contributed by atoms with van der Waals surface area (Å²) in [5, 5.41) is 7.69. The molecule has 2 heterocycles. The molecule has 4 rings (SSSR count). The van der Waals surface area contributed by atoms with E-state index in [-0.39, 0.29) is 0 Å². The molecule has 0 saturated carbocycles. The van der Waals surface area contributed by atoms with Crippen molar-refractivity contribution in [3.8, 4) is 5.75 Å². The molecule has 2 aromatic carbocycles. The van der Waals surface area contributed by atoms with Gasteiger partial charge < -0.3 is 29.9 Å². The van der Waals surface area contributed by atoms with Crippen LogP contribution in [0.25, 0.3) is 10.9 Å². The lowest BCUT2D eigenvalue weighted by molar-refractivity contribution is -0.119. The van der Waals surface area contributed by atoms with E-state index in [4.69, 9.17) is 26.1 Å². The van der Waals surface area contributed by atoms with Crippen molar-refractivity contribution >= 4 is 45.9 Å². The van der Waals surface area contributed by atoms with Crippen molar-refractivity contribution < 1.29 is 19.1 Å². The minimum Gasteiger partial charge on any atom is -0.495 e. The third-order valence-corrected chi connectivity index (χ3v) is 6.16. The van der Waals surface area contributed by atoms with Crippen LogP contribution in [0, 0.1) is 0 Å². The highest BCUT2D eigenvalue weighted by Gasteiger charge is 2.27. The average molecular weight is 512 g/mol. The monoisotopic (exact) mass is 511 g/mol. The van der Waals surface area contributed by atoms with Gasteiger partial charge in [-0.3, -0.25) is 9.78 Å². The van der Waals surface area contributed by atoms with E-state index in [0.29, 0.717) is 36.0 Å². The van der Waals surface area contributed by atoms with Gasteiger partial charge in [0.2, 0.25) is 0 Å². The molecule has 0 radical (unpaired) electrons. The smallest absolute Gasteiger partial charge is 0.410 e. The van der Waals surface area contributed by atoms with E-state index in [9.17, 15) is 9.59 Å². The third kappa shape index (κ3) is 5.98. The SMILES string of the molecule is COc1ccc(Cl)cc1NC(=O)COC(=O)N1CCc2nc3ccccc3c(NCCN(C)C)c2C1. The van der Waals surface area contributed by atoms with Crippen LogP contribution in [0.15, 0.2) is 42.5 Å². The number of para-hydroxylation sites is 1. The molecule has 1 aromatic heterocycles. The van der Waals surface area contributed by atoms with Crippen LogP contribution in [-0.4, -0.2) is 74.2 Å². The van der Waals surface area contributed by atoms with Gasteiger partial charge in [0.15, 0.2) is 6.61 Å². The van der Waals surface area contributed by atoms with Crippen LogP contribution >= 0.6 is 11.6 Å². The number of hydrogen-bond acceptors (Lipinski definition) is 7. The molecule has 1 aliphatic rings. The van der Waals surface area contributed by atoms with Gasteiger partial charge in [-0.05, 0) is 38.4 Å². The molecular formula is C26H30ClN5O4. The van der Waals surface area contributed by atoms with Gasteiger partial charge in [0.05, 0.1) is 30.5 Å². The number of benzene rings is 2. The zero-order valence-electron chi connectivity index (χ0n) is 20.6. The van der Waals surface area contributed by atoms with Crippen LogP contribution in [0.2, 0.25) is 5.02 Å². The highest BCUT2D eigenvalue weighted by Crippen LogP contribution is 2.32. The Morgan fingerprint density at radius 3 is 2.78 bits per heavy atom. The van der Waals surface area contributed by atoms with Gasteiger partial charge in [0, 0.05) is 47.7 Å². The standard InChI is InChI=1S/C26H30ClN5O4/c1-31(2)13-11-28-25-18-6-4-5-7-20(18)29-21-10-12-32(15-19(21)25)26(34)36-16-24(33)30-22-14-17(27)8-9-23(22)35-3/h4-9,14H,10-13,15-16H2,1-3H3,(H,28,29)(H,30,33). The number of aromatic nitrogens is 1. The third-order valence-electron chi connectivity index (χ3n) is 5.93. The fraction of sp³-hybridized carbons (Fsp3) is 0.346. The number of rotatable bonds is 8. The molecule has 9 nitrogen and oxygen atoms in total. The number of ether oxygens (including phenoxy) is 2. The van der Waals surface area contributed by atoms with E-state index in [1.165, 1.54) is 7.11 Å². The van der Waals surface area contributed by atoms with Gasteiger partial charge >= 0.3 is 6.09 Å². The average Bonchev–Trinajstić information content (AvgIpc) is 2.86. The minimum atomic E-state index is -0.554. The Bertz CT molecular complexity index is 1270. The molecule has 1 aliphatic heterocycles. The number of hydrogen-bond donors (Lipinski definition) is 2. The van der Waals surface area contributed by atoms with E-state index in [1.807, 2.05) is 38.4 Å². The Morgan fingerprint density at radius 2 is 2.00 bits per heavy atom. The first kappa shape index (κ1) is 25.5. The summed E-state index contributed by atoms with van der Waals surface area (Å²) in [4.78, 5) is 33.8. The quantitative estimate of drug-likeness (QED) is 0.472. The second kappa shape index (κ2) is 11.5. The highest BCUT2D eigenvalue weighted by atomic mass is 35.5. The van der Waals surface area contributed by atoms with Crippen molar-refractivity contribution in [1.29, 1.82) is 0 Å². The Balaban J connectivity index is 1.44. The molecule has 0 aliphatic carbocycles. The first-order valence-electron chi connectivity index (χ1n) is 11.7. The molecular weight excluding hydrogens is 482 g/mol. The summed E-state index contributed by atoms with van der Waals surface area (Å²) in [6.45, 7) is 1.99. The number of methoxy groups -OCH3 is 1. The first-order valence-corrected chi connectivity index (χ1v) is 12.1. The van der Waals surface area contributed by atoms with Gasteiger partial charge in [-0.25, -0.2) is 4.79 Å². The molecule has 190 valence electrons. The molecule has 3 aromatic rings. The van der Waals surface area contributed by atoms with Gasteiger partial charge in [0.1, 0.15) is 5.75 Å². The fourth-order valence-electron chi connectivity index (χ4n) is 4.14. The van der Waals surface area contributed by atoms with Crippen LogP contribution in [0.4, 0.5) is 16.2 Å². The second-order valence-electron chi connectivity index (χ2n) is 8.78. The summed E-state index contributed by atoms with van der Waals surface area (Å²) < 4.78 is 10.6. The molecule has 0 atom stereocenters. The predicted octanol–water partition coefficient (Wildman–Crippen LogP) is 4.00. The van der Waals surface area contributed by atoms with Gasteiger partial charge in [-0.2, -0.15) is 0 Å². The van der Waals surface area contributed by atoms with Crippen LogP contribution in [0.5, 0.6) is 5.75 Å². The van der Waals surface area contributed by atoms with Gasteiger partial charge in [-0.15, -0.1) is 0 Å². The zero-order valence-corrected chi connectivity index (χ0v) is 21.4. The number of fused-ring (bicyclic) bond motifs is 2. The molecule has 0 unspecified atom stereocenters. The summed E-state index contributed by atoms with van der Waals surface area (Å²) in [5.74, 6) is -0.0271. The summed E-state index contributed by atoms with van der Waals surface area (Å²) in [6, 6.07) is 12.9. The Labute approximate surface area is 215 Å². The molecule has 36 heavy (non-hydrogen) atoms. The van der Waals surface area contributed by atoms with Crippen molar-refractivity contribution in [2.75, 3.05) is 58.1 Å². The van der Waals surface area contributed by atoms with Crippen LogP contribution in [0.3, 0.4) is 0 Å². The number of likely N-dealkylation sites (N-methyl/N-ethyl adjacent to an activating group) is 1. The number of carbonyl (C=O) groups excluding carboxylic acids is 2. The van der Waals surface area contributed by atoms with Crippen LogP contribution in [0.1, 0.15) is 11.3 Å². The van der Waals surface area contributed by atoms with Gasteiger partial charge in [-0.1, -0.05) is 29.8 Å². The lowest BCUT2D eigenvalue weighted by Crippen LogP contribution is -2.38. The largest absolute Gasteiger partial charge is 0.495 e. The zero-order chi connectivity index (χ0) is 25.7. The predicted molar refractivity (Wildman–Crippen MR) is 141 cm³/mol. The number of amides is 2. The normalized spacial score (nSPS) is 12.9. The Morgan fingerprint density at radius 1 is 1.19 bits per heavy atom.